The smallest absolute Gasteiger partial charge is 0.282 e. The maximum Gasteiger partial charge on any atom is 0.282 e. The molecule has 0 saturated heterocycles. The number of carbonyl (C=O) groups excluding carboxylic acids is 1. The fraction of sp³-hybridized carbons (Fsp3) is 0.222. The zero-order chi connectivity index (χ0) is 15.9. The van der Waals surface area contributed by atoms with Gasteiger partial charge in [0, 0.05) is 11.3 Å². The minimum absolute atomic E-state index is 0.0714. The van der Waals surface area contributed by atoms with Crippen molar-refractivity contribution in [3.05, 3.63) is 65.7 Å². The van der Waals surface area contributed by atoms with Crippen LogP contribution in [0, 0.1) is 11.3 Å². The largest absolute Gasteiger partial charge is 0.330 e. The van der Waals surface area contributed by atoms with Gasteiger partial charge in [0.05, 0.1) is 11.6 Å². The first-order chi connectivity index (χ1) is 10.6. The van der Waals surface area contributed by atoms with Crippen LogP contribution in [0.25, 0.3) is 0 Å². The fourth-order valence-electron chi connectivity index (χ4n) is 2.31. The summed E-state index contributed by atoms with van der Waals surface area (Å²) in [5, 5.41) is 13.8. The zero-order valence-electron chi connectivity index (χ0n) is 12.8. The number of hydrogen-bond donors (Lipinski definition) is 2. The van der Waals surface area contributed by atoms with Crippen molar-refractivity contribution >= 4 is 11.6 Å². The van der Waals surface area contributed by atoms with Crippen molar-refractivity contribution in [1.82, 2.24) is 0 Å². The van der Waals surface area contributed by atoms with Crippen LogP contribution < -0.4 is 10.6 Å². The standard InChI is InChI=1S/C18H19N3O/c1-13(16-8-4-3-5-9-16)20-14(2)18(22)21-17-10-6-7-15(11-17)12-19/h3-11,13-14,20H,1-2H3,(H,21,22)/p+1/t13-,14+/m0/s1. The van der Waals surface area contributed by atoms with Crippen LogP contribution in [0.15, 0.2) is 54.6 Å². The first-order valence-corrected chi connectivity index (χ1v) is 7.31. The molecular weight excluding hydrogens is 274 g/mol. The second-order valence-electron chi connectivity index (χ2n) is 5.36. The topological polar surface area (TPSA) is 69.5 Å². The Morgan fingerprint density at radius 2 is 1.86 bits per heavy atom. The predicted octanol–water partition coefficient (Wildman–Crippen LogP) is 2.21. The summed E-state index contributed by atoms with van der Waals surface area (Å²) in [5.41, 5.74) is 2.37. The number of nitriles is 1. The molecule has 0 heterocycles. The molecule has 2 atom stereocenters. The molecule has 4 heteroatoms. The van der Waals surface area contributed by atoms with Crippen molar-refractivity contribution in [3.63, 3.8) is 0 Å². The van der Waals surface area contributed by atoms with Gasteiger partial charge in [-0.25, -0.2) is 0 Å². The Kier molecular flexibility index (Phi) is 5.29. The lowest BCUT2D eigenvalue weighted by Crippen LogP contribution is -2.91. The first-order valence-electron chi connectivity index (χ1n) is 7.31. The Morgan fingerprint density at radius 1 is 1.14 bits per heavy atom. The Balaban J connectivity index is 1.96. The van der Waals surface area contributed by atoms with Crippen molar-refractivity contribution in [2.24, 2.45) is 0 Å². The van der Waals surface area contributed by atoms with Crippen LogP contribution in [0.4, 0.5) is 5.69 Å². The lowest BCUT2D eigenvalue weighted by atomic mass is 10.1. The molecule has 0 fully saturated rings. The van der Waals surface area contributed by atoms with E-state index in [1.807, 2.05) is 30.4 Å². The Bertz CT molecular complexity index is 676. The molecule has 2 rings (SSSR count). The van der Waals surface area contributed by atoms with Crippen LogP contribution in [0.3, 0.4) is 0 Å². The number of hydrogen-bond acceptors (Lipinski definition) is 2. The van der Waals surface area contributed by atoms with Crippen LogP contribution in [-0.2, 0) is 4.79 Å². The van der Waals surface area contributed by atoms with E-state index in [-0.39, 0.29) is 18.0 Å². The van der Waals surface area contributed by atoms with Gasteiger partial charge < -0.3 is 10.6 Å². The zero-order valence-corrected chi connectivity index (χ0v) is 12.8. The molecule has 0 bridgehead atoms. The maximum atomic E-state index is 12.3. The molecule has 0 radical (unpaired) electrons. The maximum absolute atomic E-state index is 12.3. The number of carbonyl (C=O) groups is 1. The van der Waals surface area contributed by atoms with Gasteiger partial charge in [0.15, 0.2) is 6.04 Å². The number of nitrogens with two attached hydrogens (primary N) is 1. The lowest BCUT2D eigenvalue weighted by molar-refractivity contribution is -0.709. The highest BCUT2D eigenvalue weighted by atomic mass is 16.2. The van der Waals surface area contributed by atoms with Gasteiger partial charge in [-0.15, -0.1) is 0 Å². The van der Waals surface area contributed by atoms with Crippen LogP contribution in [0.1, 0.15) is 31.0 Å². The second kappa shape index (κ2) is 7.39. The number of nitrogens with zero attached hydrogens (tertiary/aromatic N) is 1. The molecule has 0 saturated carbocycles. The lowest BCUT2D eigenvalue weighted by Gasteiger charge is -2.17. The molecule has 0 aliphatic heterocycles. The number of amides is 1. The molecule has 0 spiro atoms. The number of rotatable bonds is 5. The minimum Gasteiger partial charge on any atom is -0.330 e. The van der Waals surface area contributed by atoms with Crippen LogP contribution in [0.2, 0.25) is 0 Å². The second-order valence-corrected chi connectivity index (χ2v) is 5.36. The van der Waals surface area contributed by atoms with E-state index >= 15 is 0 Å². The van der Waals surface area contributed by atoms with Crippen LogP contribution >= 0.6 is 0 Å². The molecule has 2 aromatic carbocycles. The fourth-order valence-corrected chi connectivity index (χ4v) is 2.31. The highest BCUT2D eigenvalue weighted by Crippen LogP contribution is 2.10. The van der Waals surface area contributed by atoms with Crippen LogP contribution in [0.5, 0.6) is 0 Å². The summed E-state index contributed by atoms with van der Waals surface area (Å²) in [6.45, 7) is 3.96. The molecule has 0 aliphatic rings. The van der Waals surface area contributed by atoms with E-state index in [0.29, 0.717) is 11.3 Å². The van der Waals surface area contributed by atoms with Gasteiger partial charge in [0.2, 0.25) is 0 Å². The number of benzene rings is 2. The van der Waals surface area contributed by atoms with E-state index in [1.165, 1.54) is 5.56 Å². The Hall–Kier alpha value is -2.64. The SMILES string of the molecule is C[C@H]([NH2+][C@H](C)C(=O)Nc1cccc(C#N)c1)c1ccccc1. The average Bonchev–Trinajstić information content (AvgIpc) is 2.55. The van der Waals surface area contributed by atoms with E-state index in [1.54, 1.807) is 24.3 Å². The molecule has 3 N–H and O–H groups in total. The van der Waals surface area contributed by atoms with Crippen LogP contribution in [-0.4, -0.2) is 11.9 Å². The van der Waals surface area contributed by atoms with E-state index < -0.39 is 0 Å². The summed E-state index contributed by atoms with van der Waals surface area (Å²) >= 11 is 0. The average molecular weight is 294 g/mol. The monoisotopic (exact) mass is 294 g/mol. The van der Waals surface area contributed by atoms with Gasteiger partial charge in [0.1, 0.15) is 6.04 Å². The molecule has 112 valence electrons. The van der Waals surface area contributed by atoms with Crippen molar-refractivity contribution in [2.45, 2.75) is 25.9 Å². The highest BCUT2D eigenvalue weighted by Gasteiger charge is 2.20. The van der Waals surface area contributed by atoms with E-state index in [2.05, 4.69) is 30.4 Å². The van der Waals surface area contributed by atoms with E-state index in [9.17, 15) is 4.79 Å². The number of quaternary nitrogens is 1. The molecule has 0 unspecified atom stereocenters. The molecular formula is C18H20N3O+. The molecule has 2 aromatic rings. The van der Waals surface area contributed by atoms with Gasteiger partial charge in [-0.05, 0) is 32.0 Å². The van der Waals surface area contributed by atoms with Gasteiger partial charge >= 0.3 is 0 Å². The predicted molar refractivity (Wildman–Crippen MR) is 86.0 cm³/mol. The summed E-state index contributed by atoms with van der Waals surface area (Å²) in [6, 6.07) is 19.1. The number of anilines is 1. The summed E-state index contributed by atoms with van der Waals surface area (Å²) < 4.78 is 0. The van der Waals surface area contributed by atoms with Gasteiger partial charge in [-0.1, -0.05) is 36.4 Å². The highest BCUT2D eigenvalue weighted by molar-refractivity contribution is 5.93. The summed E-state index contributed by atoms with van der Waals surface area (Å²) in [7, 11) is 0. The molecule has 4 nitrogen and oxygen atoms in total. The van der Waals surface area contributed by atoms with Crippen molar-refractivity contribution in [1.29, 1.82) is 5.26 Å². The molecule has 0 aliphatic carbocycles. The van der Waals surface area contributed by atoms with Crippen molar-refractivity contribution in [3.8, 4) is 6.07 Å². The van der Waals surface area contributed by atoms with Gasteiger partial charge in [-0.2, -0.15) is 5.26 Å². The van der Waals surface area contributed by atoms with Gasteiger partial charge in [0.25, 0.3) is 5.91 Å². The third kappa shape index (κ3) is 4.18. The molecule has 0 aromatic heterocycles. The quantitative estimate of drug-likeness (QED) is 0.887. The Labute approximate surface area is 130 Å². The normalized spacial score (nSPS) is 13.0. The third-order valence-electron chi connectivity index (χ3n) is 3.58. The van der Waals surface area contributed by atoms with E-state index in [4.69, 9.17) is 5.26 Å². The summed E-state index contributed by atoms with van der Waals surface area (Å²) in [5.74, 6) is -0.0714. The Morgan fingerprint density at radius 3 is 2.55 bits per heavy atom. The third-order valence-corrected chi connectivity index (χ3v) is 3.58. The van der Waals surface area contributed by atoms with Gasteiger partial charge in [-0.3, -0.25) is 4.79 Å². The molecule has 1 amide bonds. The van der Waals surface area contributed by atoms with Crippen molar-refractivity contribution in [2.75, 3.05) is 5.32 Å². The van der Waals surface area contributed by atoms with E-state index in [0.717, 1.165) is 0 Å². The summed E-state index contributed by atoms with van der Waals surface area (Å²) in [6.07, 6.45) is 0. The molecule has 22 heavy (non-hydrogen) atoms. The minimum atomic E-state index is -0.221. The first kappa shape index (κ1) is 15.7. The summed E-state index contributed by atoms with van der Waals surface area (Å²) in [4.78, 5) is 12.3. The van der Waals surface area contributed by atoms with Crippen molar-refractivity contribution < 1.29 is 10.1 Å². The number of nitrogens with one attached hydrogen (secondary N) is 1.